The molecule has 2 saturated heterocycles. The third-order valence-corrected chi connectivity index (χ3v) is 6.81. The van der Waals surface area contributed by atoms with E-state index in [4.69, 9.17) is 14.2 Å². The summed E-state index contributed by atoms with van der Waals surface area (Å²) >= 11 is 0. The number of hydrogen-bond donors (Lipinski definition) is 1. The third-order valence-electron chi connectivity index (χ3n) is 6.81. The number of amides is 2. The van der Waals surface area contributed by atoms with Crippen LogP contribution in [0.25, 0.3) is 5.82 Å². The molecule has 192 valence electrons. The molecule has 12 nitrogen and oxygen atoms in total. The molecule has 2 atom stereocenters. The largest absolute Gasteiger partial charge is 0.454 e. The molecule has 2 fully saturated rings. The van der Waals surface area contributed by atoms with E-state index in [1.165, 1.54) is 6.33 Å². The molecule has 6 rings (SSSR count). The molecule has 2 amide bonds. The minimum Gasteiger partial charge on any atom is -0.454 e. The second-order valence-electron chi connectivity index (χ2n) is 9.10. The number of benzene rings is 1. The van der Waals surface area contributed by atoms with Gasteiger partial charge in [-0.2, -0.15) is 0 Å². The molecule has 0 spiro atoms. The quantitative estimate of drug-likeness (QED) is 0.520. The highest BCUT2D eigenvalue weighted by molar-refractivity contribution is 5.90. The lowest BCUT2D eigenvalue weighted by molar-refractivity contribution is -0.148. The monoisotopic (exact) mass is 505 g/mol. The topological polar surface area (TPSA) is 124 Å². The summed E-state index contributed by atoms with van der Waals surface area (Å²) in [5, 5.41) is 3.00. The van der Waals surface area contributed by atoms with Crippen molar-refractivity contribution in [3.05, 3.63) is 54.9 Å². The zero-order valence-electron chi connectivity index (χ0n) is 20.2. The van der Waals surface area contributed by atoms with Crippen LogP contribution in [0.3, 0.4) is 0 Å². The molecule has 2 unspecified atom stereocenters. The lowest BCUT2D eigenvalue weighted by Gasteiger charge is -2.41. The number of nitrogens with zero attached hydrogens (tertiary/aromatic N) is 6. The van der Waals surface area contributed by atoms with Crippen LogP contribution in [-0.2, 0) is 20.9 Å². The molecule has 0 saturated carbocycles. The number of fused-ring (bicyclic) bond motifs is 1. The predicted molar refractivity (Wildman–Crippen MR) is 130 cm³/mol. The van der Waals surface area contributed by atoms with Gasteiger partial charge in [0.25, 0.3) is 5.91 Å². The predicted octanol–water partition coefficient (Wildman–Crippen LogP) is 0.904. The smallest absolute Gasteiger partial charge is 0.252 e. The minimum atomic E-state index is -0.703. The van der Waals surface area contributed by atoms with Gasteiger partial charge in [-0.25, -0.2) is 15.0 Å². The maximum Gasteiger partial charge on any atom is 0.252 e. The van der Waals surface area contributed by atoms with Crippen LogP contribution in [0.1, 0.15) is 18.4 Å². The number of anilines is 1. The molecule has 0 radical (unpaired) electrons. The van der Waals surface area contributed by atoms with Crippen LogP contribution in [0.15, 0.2) is 49.3 Å². The van der Waals surface area contributed by atoms with E-state index in [1.54, 1.807) is 28.2 Å². The van der Waals surface area contributed by atoms with E-state index in [0.717, 1.165) is 12.0 Å². The third kappa shape index (κ3) is 4.79. The van der Waals surface area contributed by atoms with Gasteiger partial charge in [0.1, 0.15) is 36.4 Å². The van der Waals surface area contributed by atoms with Crippen molar-refractivity contribution in [2.45, 2.75) is 31.5 Å². The first kappa shape index (κ1) is 23.2. The van der Waals surface area contributed by atoms with Crippen LogP contribution in [-0.4, -0.2) is 81.4 Å². The van der Waals surface area contributed by atoms with Crippen molar-refractivity contribution in [1.82, 2.24) is 29.7 Å². The van der Waals surface area contributed by atoms with Gasteiger partial charge in [-0.1, -0.05) is 6.07 Å². The maximum atomic E-state index is 13.5. The minimum absolute atomic E-state index is 0.137. The Balaban J connectivity index is 1.20. The Bertz CT molecular complexity index is 1280. The zero-order chi connectivity index (χ0) is 25.2. The second kappa shape index (κ2) is 10.1. The van der Waals surface area contributed by atoms with Crippen LogP contribution in [0.2, 0.25) is 0 Å². The van der Waals surface area contributed by atoms with Crippen LogP contribution in [0.4, 0.5) is 5.82 Å². The molecule has 1 aromatic carbocycles. The molecule has 0 bridgehead atoms. The summed E-state index contributed by atoms with van der Waals surface area (Å²) in [6.07, 6.45) is 7.65. The molecule has 5 heterocycles. The molecular weight excluding hydrogens is 478 g/mol. The van der Waals surface area contributed by atoms with Crippen molar-refractivity contribution in [2.24, 2.45) is 0 Å². The van der Waals surface area contributed by atoms with Gasteiger partial charge in [-0.15, -0.1) is 0 Å². The number of rotatable bonds is 6. The first-order chi connectivity index (χ1) is 18.2. The molecule has 3 aliphatic rings. The Hall–Kier alpha value is -4.19. The van der Waals surface area contributed by atoms with Crippen molar-refractivity contribution in [2.75, 3.05) is 37.9 Å². The first-order valence-electron chi connectivity index (χ1n) is 12.3. The maximum absolute atomic E-state index is 13.5. The average Bonchev–Trinajstić information content (AvgIpc) is 3.74. The first-order valence-corrected chi connectivity index (χ1v) is 12.3. The summed E-state index contributed by atoms with van der Waals surface area (Å²) in [6, 6.07) is 6.71. The molecular formula is C25H27N7O5. The average molecular weight is 506 g/mol. The molecule has 0 aliphatic carbocycles. The lowest BCUT2D eigenvalue weighted by atomic mass is 10.1. The van der Waals surface area contributed by atoms with Crippen molar-refractivity contribution in [3.8, 4) is 17.3 Å². The zero-order valence-corrected chi connectivity index (χ0v) is 20.2. The summed E-state index contributed by atoms with van der Waals surface area (Å²) in [5.41, 5.74) is 0.878. The van der Waals surface area contributed by atoms with E-state index >= 15 is 0 Å². The van der Waals surface area contributed by atoms with E-state index in [1.807, 2.05) is 29.2 Å². The summed E-state index contributed by atoms with van der Waals surface area (Å²) in [4.78, 5) is 43.3. The normalized spacial score (nSPS) is 20.8. The fraction of sp³-hybridized carbons (Fsp3) is 0.400. The summed E-state index contributed by atoms with van der Waals surface area (Å²) in [6.45, 7) is 2.26. The van der Waals surface area contributed by atoms with Gasteiger partial charge in [-0.3, -0.25) is 14.2 Å². The highest BCUT2D eigenvalue weighted by atomic mass is 16.7. The highest BCUT2D eigenvalue weighted by Gasteiger charge is 2.39. The summed E-state index contributed by atoms with van der Waals surface area (Å²) < 4.78 is 18.2. The van der Waals surface area contributed by atoms with Gasteiger partial charge < -0.3 is 29.3 Å². The van der Waals surface area contributed by atoms with E-state index in [0.29, 0.717) is 62.3 Å². The number of hydrogen-bond acceptors (Lipinski definition) is 9. The van der Waals surface area contributed by atoms with Gasteiger partial charge in [0.2, 0.25) is 12.7 Å². The second-order valence-corrected chi connectivity index (χ2v) is 9.10. The number of piperazine rings is 1. The Labute approximate surface area is 213 Å². The molecule has 12 heteroatoms. The molecule has 2 aromatic heterocycles. The Morgan fingerprint density at radius 1 is 1.08 bits per heavy atom. The number of nitrogens with one attached hydrogen (secondary N) is 1. The van der Waals surface area contributed by atoms with E-state index in [-0.39, 0.29) is 18.6 Å². The fourth-order valence-electron chi connectivity index (χ4n) is 4.84. The van der Waals surface area contributed by atoms with Crippen LogP contribution < -0.4 is 19.7 Å². The van der Waals surface area contributed by atoms with E-state index in [9.17, 15) is 9.59 Å². The van der Waals surface area contributed by atoms with Gasteiger partial charge >= 0.3 is 0 Å². The number of carbonyl (C=O) groups is 2. The summed E-state index contributed by atoms with van der Waals surface area (Å²) in [5.74, 6) is 2.31. The molecule has 37 heavy (non-hydrogen) atoms. The lowest BCUT2D eigenvalue weighted by Crippen LogP contribution is -2.62. The number of ether oxygens (including phenoxy) is 3. The number of aromatic nitrogens is 4. The van der Waals surface area contributed by atoms with Gasteiger partial charge in [0, 0.05) is 51.2 Å². The standard InChI is InChI=1S/C25H27N7O5/c33-24(27-12-17-3-4-19-21(10-17)37-16-36-19)18-13-30(7-8-32(18)25(34)20-2-1-9-35-20)22-11-23(29-14-28-22)31-6-5-26-15-31/h3-6,10-11,14-15,18,20H,1-2,7-9,12-13,16H2,(H,27,33). The number of carbonyl (C=O) groups excluding carboxylic acids is 2. The number of imidazole rings is 1. The SMILES string of the molecule is O=C(NCc1ccc2c(c1)OCO2)C1CN(c2cc(-n3ccnc3)ncn2)CCN1C(=O)C1CCCO1. The molecule has 3 aromatic rings. The molecule has 1 N–H and O–H groups in total. The highest BCUT2D eigenvalue weighted by Crippen LogP contribution is 2.32. The Morgan fingerprint density at radius 2 is 1.97 bits per heavy atom. The van der Waals surface area contributed by atoms with Gasteiger partial charge in [0.15, 0.2) is 11.5 Å². The fourth-order valence-corrected chi connectivity index (χ4v) is 4.84. The van der Waals surface area contributed by atoms with Crippen molar-refractivity contribution < 1.29 is 23.8 Å². The van der Waals surface area contributed by atoms with E-state index < -0.39 is 12.1 Å². The van der Waals surface area contributed by atoms with Gasteiger partial charge in [-0.05, 0) is 30.5 Å². The van der Waals surface area contributed by atoms with Crippen molar-refractivity contribution in [3.63, 3.8) is 0 Å². The molecule has 3 aliphatic heterocycles. The van der Waals surface area contributed by atoms with Crippen LogP contribution >= 0.6 is 0 Å². The Morgan fingerprint density at radius 3 is 2.81 bits per heavy atom. The van der Waals surface area contributed by atoms with Gasteiger partial charge in [0.05, 0.1) is 0 Å². The van der Waals surface area contributed by atoms with Crippen molar-refractivity contribution >= 4 is 17.6 Å². The van der Waals surface area contributed by atoms with E-state index in [2.05, 4.69) is 20.3 Å². The summed E-state index contributed by atoms with van der Waals surface area (Å²) in [7, 11) is 0. The van der Waals surface area contributed by atoms with Crippen LogP contribution in [0, 0.1) is 0 Å². The van der Waals surface area contributed by atoms with Crippen molar-refractivity contribution in [1.29, 1.82) is 0 Å². The Kier molecular flexibility index (Phi) is 6.31. The van der Waals surface area contributed by atoms with Crippen LogP contribution in [0.5, 0.6) is 11.5 Å².